The van der Waals surface area contributed by atoms with Crippen LogP contribution < -0.4 is 0 Å². The van der Waals surface area contributed by atoms with E-state index in [-0.39, 0.29) is 6.04 Å². The Balaban J connectivity index is 2.17. The van der Waals surface area contributed by atoms with E-state index in [1.165, 1.54) is 0 Å². The van der Waals surface area contributed by atoms with Gasteiger partial charge in [0.2, 0.25) is 0 Å². The summed E-state index contributed by atoms with van der Waals surface area (Å²) in [5.41, 5.74) is -0.521. The first-order valence-electron chi connectivity index (χ1n) is 6.86. The van der Waals surface area contributed by atoms with Gasteiger partial charge in [-0.25, -0.2) is 0 Å². The van der Waals surface area contributed by atoms with Crippen molar-refractivity contribution in [3.05, 3.63) is 52.1 Å². The SMILES string of the molecule is CC(C)n1ncc(Cl)c1C(C)(O)c1cc2ccccc2s1. The molecule has 2 heterocycles. The van der Waals surface area contributed by atoms with Gasteiger partial charge < -0.3 is 5.11 Å². The third-order valence-electron chi connectivity index (χ3n) is 3.61. The van der Waals surface area contributed by atoms with E-state index in [0.29, 0.717) is 10.7 Å². The van der Waals surface area contributed by atoms with Gasteiger partial charge in [-0.1, -0.05) is 29.8 Å². The van der Waals surface area contributed by atoms with E-state index in [4.69, 9.17) is 11.6 Å². The molecule has 0 aliphatic heterocycles. The third kappa shape index (κ3) is 2.37. The largest absolute Gasteiger partial charge is 0.378 e. The quantitative estimate of drug-likeness (QED) is 0.766. The fourth-order valence-electron chi connectivity index (χ4n) is 2.53. The van der Waals surface area contributed by atoms with Crippen molar-refractivity contribution in [1.29, 1.82) is 0 Å². The summed E-state index contributed by atoms with van der Waals surface area (Å²) < 4.78 is 2.94. The number of hydrogen-bond donors (Lipinski definition) is 1. The fraction of sp³-hybridized carbons (Fsp3) is 0.312. The molecule has 0 fully saturated rings. The van der Waals surface area contributed by atoms with E-state index in [1.807, 2.05) is 38.1 Å². The summed E-state index contributed by atoms with van der Waals surface area (Å²) in [7, 11) is 0. The van der Waals surface area contributed by atoms with Crippen LogP contribution in [0.3, 0.4) is 0 Å². The molecule has 21 heavy (non-hydrogen) atoms. The van der Waals surface area contributed by atoms with Crippen LogP contribution in [0.1, 0.15) is 37.4 Å². The van der Waals surface area contributed by atoms with Crippen molar-refractivity contribution >= 4 is 33.0 Å². The number of fused-ring (bicyclic) bond motifs is 1. The summed E-state index contributed by atoms with van der Waals surface area (Å²) in [6.07, 6.45) is 1.60. The van der Waals surface area contributed by atoms with Crippen molar-refractivity contribution in [2.45, 2.75) is 32.4 Å². The molecule has 1 atom stereocenters. The Kier molecular flexibility index (Phi) is 3.56. The van der Waals surface area contributed by atoms with Gasteiger partial charge in [0.05, 0.1) is 16.9 Å². The fourth-order valence-corrected chi connectivity index (χ4v) is 3.95. The topological polar surface area (TPSA) is 38.0 Å². The predicted octanol–water partition coefficient (Wildman–Crippen LogP) is 4.59. The molecule has 5 heteroatoms. The van der Waals surface area contributed by atoms with Gasteiger partial charge in [-0.05, 0) is 38.3 Å². The highest BCUT2D eigenvalue weighted by Crippen LogP contribution is 2.40. The molecule has 0 saturated carbocycles. The average molecular weight is 321 g/mol. The van der Waals surface area contributed by atoms with Crippen LogP contribution in [0.2, 0.25) is 5.02 Å². The Hall–Kier alpha value is -1.36. The van der Waals surface area contributed by atoms with E-state index in [1.54, 1.807) is 29.1 Å². The second-order valence-electron chi connectivity index (χ2n) is 5.60. The number of hydrogen-bond acceptors (Lipinski definition) is 3. The first kappa shape index (κ1) is 14.6. The lowest BCUT2D eigenvalue weighted by atomic mass is 9.99. The van der Waals surface area contributed by atoms with Crippen molar-refractivity contribution in [2.75, 3.05) is 0 Å². The van der Waals surface area contributed by atoms with Gasteiger partial charge in [-0.2, -0.15) is 5.10 Å². The van der Waals surface area contributed by atoms with Crippen LogP contribution in [0.15, 0.2) is 36.5 Å². The lowest BCUT2D eigenvalue weighted by molar-refractivity contribution is 0.0940. The van der Waals surface area contributed by atoms with Crippen LogP contribution >= 0.6 is 22.9 Å². The summed E-state index contributed by atoms with van der Waals surface area (Å²) in [4.78, 5) is 0.869. The lowest BCUT2D eigenvalue weighted by Gasteiger charge is -2.25. The molecule has 0 bridgehead atoms. The molecule has 3 rings (SSSR count). The first-order chi connectivity index (χ1) is 9.91. The van der Waals surface area contributed by atoms with Crippen LogP contribution in [-0.4, -0.2) is 14.9 Å². The van der Waals surface area contributed by atoms with Crippen molar-refractivity contribution in [3.8, 4) is 0 Å². The second kappa shape index (κ2) is 5.13. The zero-order chi connectivity index (χ0) is 15.2. The summed E-state index contributed by atoms with van der Waals surface area (Å²) in [5.74, 6) is 0. The van der Waals surface area contributed by atoms with Crippen LogP contribution in [0, 0.1) is 0 Å². The Bertz CT molecular complexity index is 756. The maximum Gasteiger partial charge on any atom is 0.139 e. The summed E-state index contributed by atoms with van der Waals surface area (Å²) >= 11 is 7.87. The number of nitrogens with zero attached hydrogens (tertiary/aromatic N) is 2. The van der Waals surface area contributed by atoms with E-state index in [9.17, 15) is 5.11 Å². The molecule has 0 aliphatic carbocycles. The van der Waals surface area contributed by atoms with Gasteiger partial charge >= 0.3 is 0 Å². The lowest BCUT2D eigenvalue weighted by Crippen LogP contribution is -2.27. The zero-order valence-electron chi connectivity index (χ0n) is 12.2. The minimum absolute atomic E-state index is 0.133. The van der Waals surface area contributed by atoms with Crippen molar-refractivity contribution in [3.63, 3.8) is 0 Å². The standard InChI is InChI=1S/C16H17ClN2OS/c1-10(2)19-15(12(17)9-18-19)16(3,20)14-8-11-6-4-5-7-13(11)21-14/h4-10,20H,1-3H3. The average Bonchev–Trinajstić information content (AvgIpc) is 3.02. The van der Waals surface area contributed by atoms with Gasteiger partial charge in [-0.15, -0.1) is 11.3 Å². The zero-order valence-corrected chi connectivity index (χ0v) is 13.7. The number of aliphatic hydroxyl groups is 1. The molecular formula is C16H17ClN2OS. The third-order valence-corrected chi connectivity index (χ3v) is 5.21. The molecule has 1 N–H and O–H groups in total. The normalized spacial score (nSPS) is 14.8. The van der Waals surface area contributed by atoms with Crippen molar-refractivity contribution < 1.29 is 5.11 Å². The second-order valence-corrected chi connectivity index (χ2v) is 7.09. The smallest absolute Gasteiger partial charge is 0.139 e. The maximum absolute atomic E-state index is 11.1. The Labute approximate surface area is 132 Å². The number of benzene rings is 1. The highest BCUT2D eigenvalue weighted by molar-refractivity contribution is 7.19. The molecule has 1 unspecified atom stereocenters. The molecule has 2 aromatic heterocycles. The van der Waals surface area contributed by atoms with Gasteiger partial charge in [0.25, 0.3) is 0 Å². The summed E-state index contributed by atoms with van der Waals surface area (Å²) in [5, 5.41) is 17.0. The summed E-state index contributed by atoms with van der Waals surface area (Å²) in [6.45, 7) is 5.82. The number of aromatic nitrogens is 2. The van der Waals surface area contributed by atoms with Crippen LogP contribution in [0.25, 0.3) is 10.1 Å². The number of rotatable bonds is 3. The molecule has 0 radical (unpaired) electrons. The molecule has 3 nitrogen and oxygen atoms in total. The molecule has 1 aromatic carbocycles. The molecular weight excluding hydrogens is 304 g/mol. The first-order valence-corrected chi connectivity index (χ1v) is 8.05. The van der Waals surface area contributed by atoms with Gasteiger partial charge in [0.15, 0.2) is 0 Å². The Morgan fingerprint density at radius 2 is 2.05 bits per heavy atom. The maximum atomic E-state index is 11.1. The predicted molar refractivity (Wildman–Crippen MR) is 88.1 cm³/mol. The van der Waals surface area contributed by atoms with Crippen molar-refractivity contribution in [2.24, 2.45) is 0 Å². The van der Waals surface area contributed by atoms with Crippen molar-refractivity contribution in [1.82, 2.24) is 9.78 Å². The van der Waals surface area contributed by atoms with Gasteiger partial charge in [0.1, 0.15) is 5.60 Å². The molecule has 0 spiro atoms. The molecule has 0 saturated heterocycles. The van der Waals surface area contributed by atoms with E-state index < -0.39 is 5.60 Å². The van der Waals surface area contributed by atoms with E-state index in [2.05, 4.69) is 11.2 Å². The monoisotopic (exact) mass is 320 g/mol. The number of halogens is 1. The molecule has 0 aliphatic rings. The van der Waals surface area contributed by atoms with E-state index in [0.717, 1.165) is 15.0 Å². The van der Waals surface area contributed by atoms with Gasteiger partial charge in [0, 0.05) is 15.6 Å². The Morgan fingerprint density at radius 1 is 1.33 bits per heavy atom. The van der Waals surface area contributed by atoms with Gasteiger partial charge in [-0.3, -0.25) is 4.68 Å². The van der Waals surface area contributed by atoms with Crippen LogP contribution in [0.5, 0.6) is 0 Å². The molecule has 0 amide bonds. The molecule has 110 valence electrons. The Morgan fingerprint density at radius 3 is 2.71 bits per heavy atom. The van der Waals surface area contributed by atoms with E-state index >= 15 is 0 Å². The minimum atomic E-state index is -1.17. The summed E-state index contributed by atoms with van der Waals surface area (Å²) in [6, 6.07) is 10.3. The highest BCUT2D eigenvalue weighted by Gasteiger charge is 2.34. The number of thiophene rings is 1. The highest BCUT2D eigenvalue weighted by atomic mass is 35.5. The van der Waals surface area contributed by atoms with Crippen LogP contribution in [0.4, 0.5) is 0 Å². The molecule has 3 aromatic rings. The van der Waals surface area contributed by atoms with Crippen LogP contribution in [-0.2, 0) is 5.60 Å². The minimum Gasteiger partial charge on any atom is -0.378 e.